The third-order valence-electron chi connectivity index (χ3n) is 15.8. The Morgan fingerprint density at radius 3 is 1.39 bits per heavy atom. The average Bonchev–Trinajstić information content (AvgIpc) is 3.22. The number of nitrogens with one attached hydrogen (secondary N) is 1. The molecule has 17 heteroatoms. The largest absolute Gasteiger partial charge is 0.416 e. The molecule has 0 spiro atoms. The summed E-state index contributed by atoms with van der Waals surface area (Å²) in [7, 11) is -23.3. The molecular weight excluding hydrogens is 1060 g/mol. The van der Waals surface area contributed by atoms with Crippen molar-refractivity contribution in [3.63, 3.8) is 0 Å². The van der Waals surface area contributed by atoms with Crippen LogP contribution in [0.5, 0.6) is 0 Å². The summed E-state index contributed by atoms with van der Waals surface area (Å²) in [4.78, 5) is 12.1. The van der Waals surface area contributed by atoms with Gasteiger partial charge in [0.2, 0.25) is 5.91 Å². The Hall–Kier alpha value is -1.68. The van der Waals surface area contributed by atoms with Crippen LogP contribution in [-0.4, -0.2) is 101 Å². The van der Waals surface area contributed by atoms with E-state index in [2.05, 4.69) is 234 Å². The lowest BCUT2D eigenvalue weighted by Crippen LogP contribution is -2.76. The van der Waals surface area contributed by atoms with Crippen LogP contribution in [0, 0.1) is 0 Å². The quantitative estimate of drug-likeness (QED) is 0.0582. The van der Waals surface area contributed by atoms with E-state index in [1.807, 2.05) is 12.2 Å². The predicted octanol–water partition coefficient (Wildman–Crippen LogP) is 14.4. The van der Waals surface area contributed by atoms with E-state index in [0.29, 0.717) is 12.1 Å². The summed E-state index contributed by atoms with van der Waals surface area (Å²) < 4.78 is 28.0. The maximum absolute atomic E-state index is 12.1. The molecule has 1 atom stereocenters. The number of hydrogen-bond donors (Lipinski definition) is 1. The van der Waals surface area contributed by atoms with Crippen LogP contribution in [0.15, 0.2) is 104 Å². The van der Waals surface area contributed by atoms with E-state index < -0.39 is 88.8 Å². The van der Waals surface area contributed by atoms with Crippen LogP contribution >= 0.6 is 0 Å². The summed E-state index contributed by atoms with van der Waals surface area (Å²) in [6.45, 7) is 62.7. The molecule has 0 aliphatic carbocycles. The van der Waals surface area contributed by atoms with Crippen molar-refractivity contribution in [3.8, 4) is 0 Å². The van der Waals surface area contributed by atoms with Crippen LogP contribution in [-0.2, 0) is 21.3 Å². The van der Waals surface area contributed by atoms with Gasteiger partial charge in [-0.2, -0.15) is 0 Å². The molecule has 1 amide bonds. The number of benzene rings is 3. The SMILES string of the molecule is C=Cc1ccc([Si](C)(C)[Si](C)(C[Si](C)(C)[Si](C)(C)C[Si](C[Si](C)(C)C)(C[Si](C)(C)C)c2ccc(/C=C/C[Si]3(C)O[Si](C)(C)O[Si](C)(CCCNC(=O)C(=C)C)O[Si](C)(C)O3)cc2)c2ccc(C=C)cc2)cc1. The Morgan fingerprint density at radius 1 is 0.556 bits per heavy atom. The first kappa shape index (κ1) is 62.9. The van der Waals surface area contributed by atoms with Gasteiger partial charge in [0.15, 0.2) is 0 Å². The lowest BCUT2D eigenvalue weighted by Gasteiger charge is -2.53. The minimum Gasteiger partial charge on any atom is -0.416 e. The van der Waals surface area contributed by atoms with Gasteiger partial charge in [0.05, 0.1) is 23.3 Å². The van der Waals surface area contributed by atoms with Crippen molar-refractivity contribution >= 4 is 129 Å². The van der Waals surface area contributed by atoms with Crippen molar-refractivity contribution in [2.45, 2.75) is 172 Å². The van der Waals surface area contributed by atoms with E-state index in [4.69, 9.17) is 16.5 Å². The highest BCUT2D eigenvalue weighted by atomic mass is 29.3. The lowest BCUT2D eigenvalue weighted by molar-refractivity contribution is -0.117. The molecule has 4 rings (SSSR count). The van der Waals surface area contributed by atoms with Crippen LogP contribution < -0.4 is 20.9 Å². The number of amides is 1. The standard InChI is InChI=1S/C55H99NO5Si11/c1-24-49-29-35-52(36-30-49)66(15,16)69(21,53-37-31-50(25-2)32-38-53)46-64(11,12)65(13,14)47-72(44-62(5,6)7,45-63(8,9)10)54-39-33-51(34-40-54)28-26-42-70(22)58-67(17,18)60-71(23,61-68(19,20)59-70)43-27-41-56-55(57)48(3)4/h24-26,28-40H,1-3,27,41-47H2,4-23H3,(H,56,57)/b28-26+. The monoisotopic (exact) mass is 1160 g/mol. The number of carbonyl (C=O) groups is 1. The summed E-state index contributed by atoms with van der Waals surface area (Å²) in [5.74, 6) is -0.111. The van der Waals surface area contributed by atoms with E-state index in [0.717, 1.165) is 18.5 Å². The summed E-state index contributed by atoms with van der Waals surface area (Å²) in [6.07, 6.45) is 9.34. The molecule has 6 nitrogen and oxygen atoms in total. The van der Waals surface area contributed by atoms with Gasteiger partial charge in [-0.15, -0.1) is 0 Å². The predicted molar refractivity (Wildman–Crippen MR) is 348 cm³/mol. The van der Waals surface area contributed by atoms with Gasteiger partial charge in [-0.05, 0) is 75.4 Å². The highest BCUT2D eigenvalue weighted by molar-refractivity contribution is 7.56. The third-order valence-corrected chi connectivity index (χ3v) is 96.5. The molecule has 1 aliphatic rings. The second-order valence-electron chi connectivity index (χ2n) is 27.3. The molecule has 1 unspecified atom stereocenters. The molecule has 0 saturated carbocycles. The smallest absolute Gasteiger partial charge is 0.321 e. The van der Waals surface area contributed by atoms with Gasteiger partial charge in [0.25, 0.3) is 0 Å². The Balaban J connectivity index is 1.69. The maximum Gasteiger partial charge on any atom is 0.321 e. The van der Waals surface area contributed by atoms with E-state index in [9.17, 15) is 4.79 Å². The van der Waals surface area contributed by atoms with Crippen LogP contribution in [0.25, 0.3) is 18.2 Å². The first-order valence-electron chi connectivity index (χ1n) is 26.7. The Labute approximate surface area is 451 Å². The molecule has 1 N–H and O–H groups in total. The Bertz CT molecular complexity index is 2350. The second kappa shape index (κ2) is 23.5. The normalized spacial score (nSPS) is 21.1. The highest BCUT2D eigenvalue weighted by Crippen LogP contribution is 2.42. The van der Waals surface area contributed by atoms with Crippen LogP contribution in [0.2, 0.25) is 159 Å². The van der Waals surface area contributed by atoms with Crippen LogP contribution in [0.3, 0.4) is 0 Å². The zero-order valence-electron chi connectivity index (χ0n) is 49.1. The zero-order valence-corrected chi connectivity index (χ0v) is 60.1. The summed E-state index contributed by atoms with van der Waals surface area (Å²) in [5, 5.41) is 7.90. The average molecular weight is 1160 g/mol. The fourth-order valence-corrected chi connectivity index (χ4v) is 111. The molecule has 1 heterocycles. The molecule has 398 valence electrons. The van der Waals surface area contributed by atoms with Crippen LogP contribution in [0.4, 0.5) is 0 Å². The Kier molecular flexibility index (Phi) is 20.5. The summed E-state index contributed by atoms with van der Waals surface area (Å²) in [6, 6.07) is 30.7. The third kappa shape index (κ3) is 16.9. The van der Waals surface area contributed by atoms with Gasteiger partial charge < -0.3 is 21.8 Å². The van der Waals surface area contributed by atoms with Crippen molar-refractivity contribution in [2.75, 3.05) is 6.54 Å². The summed E-state index contributed by atoms with van der Waals surface area (Å²) in [5.41, 5.74) is 10.0. The lowest BCUT2D eigenvalue weighted by atomic mass is 10.2. The number of hydrogen-bond acceptors (Lipinski definition) is 5. The first-order valence-corrected chi connectivity index (χ1v) is 61.6. The highest BCUT2D eigenvalue weighted by Gasteiger charge is 2.57. The van der Waals surface area contributed by atoms with Crippen molar-refractivity contribution < 1.29 is 21.3 Å². The molecule has 3 aromatic rings. The number of allylic oxidation sites excluding steroid dienone is 1. The van der Waals surface area contributed by atoms with E-state index in [-0.39, 0.29) is 5.91 Å². The number of carbonyl (C=O) groups excluding carboxylic acids is 1. The fraction of sp³-hybridized carbons (Fsp3) is 0.509. The molecule has 1 aliphatic heterocycles. The van der Waals surface area contributed by atoms with Gasteiger partial charge in [-0.3, -0.25) is 4.79 Å². The maximum atomic E-state index is 12.1. The second-order valence-corrected chi connectivity index (χ2v) is 90.5. The van der Waals surface area contributed by atoms with E-state index in [1.165, 1.54) is 39.4 Å². The Morgan fingerprint density at radius 2 is 0.958 bits per heavy atom. The van der Waals surface area contributed by atoms with Gasteiger partial charge in [0.1, 0.15) is 0 Å². The van der Waals surface area contributed by atoms with Gasteiger partial charge in [-0.25, -0.2) is 0 Å². The molecule has 3 aromatic carbocycles. The van der Waals surface area contributed by atoms with Crippen LogP contribution in [0.1, 0.15) is 30.0 Å². The zero-order chi connectivity index (χ0) is 54.6. The molecule has 0 aromatic heterocycles. The van der Waals surface area contributed by atoms with E-state index in [1.54, 1.807) is 22.5 Å². The van der Waals surface area contributed by atoms with Crippen molar-refractivity contribution in [3.05, 3.63) is 121 Å². The molecule has 0 radical (unpaired) electrons. The van der Waals surface area contributed by atoms with E-state index >= 15 is 0 Å². The molecule has 0 bridgehead atoms. The van der Waals surface area contributed by atoms with Gasteiger partial charge in [0, 0.05) is 49.5 Å². The minimum atomic E-state index is -2.73. The van der Waals surface area contributed by atoms with Crippen molar-refractivity contribution in [1.29, 1.82) is 0 Å². The molecule has 72 heavy (non-hydrogen) atoms. The minimum absolute atomic E-state index is 0.111. The molecular formula is C55H99NO5Si11. The number of rotatable bonds is 23. The summed E-state index contributed by atoms with van der Waals surface area (Å²) >= 11 is 0. The fourth-order valence-electron chi connectivity index (χ4n) is 12.2. The van der Waals surface area contributed by atoms with Gasteiger partial charge >= 0.3 is 34.2 Å². The topological polar surface area (TPSA) is 66.0 Å². The van der Waals surface area contributed by atoms with Gasteiger partial charge in [-0.1, -0.05) is 240 Å². The van der Waals surface area contributed by atoms with Crippen molar-refractivity contribution in [1.82, 2.24) is 5.32 Å². The van der Waals surface area contributed by atoms with Crippen molar-refractivity contribution in [2.24, 2.45) is 0 Å². The molecule has 1 saturated heterocycles. The molecule has 1 fully saturated rings. The first-order chi connectivity index (χ1) is 32.7.